The fraction of sp³-hybridized carbons (Fsp3) is 0.318. The quantitative estimate of drug-likeness (QED) is 0.721. The lowest BCUT2D eigenvalue weighted by Gasteiger charge is -2.35. The molecule has 3 heterocycles. The van der Waals surface area contributed by atoms with E-state index in [4.69, 9.17) is 0 Å². The second-order valence-corrected chi connectivity index (χ2v) is 9.48. The van der Waals surface area contributed by atoms with E-state index in [9.17, 15) is 8.42 Å². The summed E-state index contributed by atoms with van der Waals surface area (Å²) in [7, 11) is -3.62. The van der Waals surface area contributed by atoms with Crippen molar-refractivity contribution in [2.24, 2.45) is 0 Å². The number of para-hydroxylation sites is 1. The number of aromatic nitrogens is 1. The van der Waals surface area contributed by atoms with Crippen molar-refractivity contribution in [3.63, 3.8) is 0 Å². The molecule has 6 nitrogen and oxygen atoms in total. The van der Waals surface area contributed by atoms with E-state index in [2.05, 4.69) is 27.3 Å². The fourth-order valence-corrected chi connectivity index (χ4v) is 5.98. The highest BCUT2D eigenvalue weighted by molar-refractivity contribution is 7.89. The Morgan fingerprint density at radius 3 is 2.59 bits per heavy atom. The van der Waals surface area contributed by atoms with Crippen molar-refractivity contribution < 1.29 is 8.42 Å². The molecule has 0 aliphatic carbocycles. The van der Waals surface area contributed by atoms with Crippen LogP contribution in [0.25, 0.3) is 10.9 Å². The van der Waals surface area contributed by atoms with Gasteiger partial charge in [0.1, 0.15) is 4.90 Å². The maximum Gasteiger partial charge on any atom is 0.245 e. The fourth-order valence-electron chi connectivity index (χ4n) is 4.39. The summed E-state index contributed by atoms with van der Waals surface area (Å²) in [5.74, 6) is 0. The molecule has 0 radical (unpaired) electrons. The third-order valence-electron chi connectivity index (χ3n) is 5.88. The number of piperazine rings is 1. The molecule has 0 unspecified atom stereocenters. The van der Waals surface area contributed by atoms with E-state index in [1.54, 1.807) is 22.6 Å². The molecule has 1 aromatic heterocycles. The molecule has 1 fully saturated rings. The molecule has 2 aliphatic rings. The van der Waals surface area contributed by atoms with Gasteiger partial charge in [-0.25, -0.2) is 8.42 Å². The summed E-state index contributed by atoms with van der Waals surface area (Å²) in [5.41, 5.74) is 4.18. The minimum absolute atomic E-state index is 0.289. The van der Waals surface area contributed by atoms with Crippen molar-refractivity contribution in [1.29, 1.82) is 0 Å². The molecule has 2 aliphatic heterocycles. The Morgan fingerprint density at radius 2 is 1.72 bits per heavy atom. The number of rotatable bonds is 3. The predicted octanol–water partition coefficient (Wildman–Crippen LogP) is 2.39. The van der Waals surface area contributed by atoms with Gasteiger partial charge in [-0.3, -0.25) is 4.98 Å². The summed E-state index contributed by atoms with van der Waals surface area (Å²) in [4.78, 5) is 7.04. The molecule has 0 spiro atoms. The molecule has 3 aromatic rings. The van der Waals surface area contributed by atoms with Gasteiger partial charge in [0.05, 0.1) is 5.52 Å². The summed E-state index contributed by atoms with van der Waals surface area (Å²) in [6.07, 6.45) is 2.37. The molecule has 0 amide bonds. The smallest absolute Gasteiger partial charge is 0.245 e. The van der Waals surface area contributed by atoms with E-state index in [-0.39, 0.29) is 4.90 Å². The largest absolute Gasteiger partial charge is 0.369 e. The standard InChI is InChI=1S/C22H24N4O2S/c27-29(28,21-8-2-4-17-6-3-10-24-22(17)21)26-13-9-19-18(16-26)5-1-7-20(19)25-14-11-23-12-15-25/h1-8,10,23H,9,11-16H2. The molecule has 0 saturated carbocycles. The average molecular weight is 409 g/mol. The molecule has 150 valence electrons. The Hall–Kier alpha value is -2.48. The predicted molar refractivity (Wildman–Crippen MR) is 115 cm³/mol. The van der Waals surface area contributed by atoms with Crippen molar-refractivity contribution in [3.8, 4) is 0 Å². The number of hydrogen-bond donors (Lipinski definition) is 1. The summed E-state index contributed by atoms with van der Waals surface area (Å²) in [5, 5.41) is 4.23. The molecule has 1 N–H and O–H groups in total. The molecule has 0 bridgehead atoms. The number of nitrogens with one attached hydrogen (secondary N) is 1. The minimum Gasteiger partial charge on any atom is -0.369 e. The lowest BCUT2D eigenvalue weighted by Crippen LogP contribution is -2.44. The van der Waals surface area contributed by atoms with Crippen LogP contribution in [0.3, 0.4) is 0 Å². The number of anilines is 1. The zero-order valence-electron chi connectivity index (χ0n) is 16.2. The first kappa shape index (κ1) is 18.5. The van der Waals surface area contributed by atoms with Gasteiger partial charge in [0.2, 0.25) is 10.0 Å². The van der Waals surface area contributed by atoms with Gasteiger partial charge in [0.15, 0.2) is 0 Å². The van der Waals surface area contributed by atoms with E-state index in [0.29, 0.717) is 18.6 Å². The van der Waals surface area contributed by atoms with Gasteiger partial charge in [-0.1, -0.05) is 30.3 Å². The average Bonchev–Trinajstić information content (AvgIpc) is 2.78. The van der Waals surface area contributed by atoms with Gasteiger partial charge < -0.3 is 10.2 Å². The Balaban J connectivity index is 1.49. The number of sulfonamides is 1. The van der Waals surface area contributed by atoms with Crippen molar-refractivity contribution in [2.75, 3.05) is 37.6 Å². The van der Waals surface area contributed by atoms with Crippen LogP contribution in [0.4, 0.5) is 5.69 Å². The molecular formula is C22H24N4O2S. The summed E-state index contributed by atoms with van der Waals surface area (Å²) in [6.45, 7) is 4.83. The Bertz CT molecular complexity index is 1150. The normalized spacial score (nSPS) is 18.0. The van der Waals surface area contributed by atoms with Crippen LogP contribution in [-0.2, 0) is 23.0 Å². The molecule has 7 heteroatoms. The Labute approximate surface area is 171 Å². The third kappa shape index (κ3) is 3.29. The Kier molecular flexibility index (Phi) is 4.73. The van der Waals surface area contributed by atoms with Crippen LogP contribution in [0.5, 0.6) is 0 Å². The first-order valence-electron chi connectivity index (χ1n) is 10.0. The van der Waals surface area contributed by atoms with Crippen LogP contribution in [0, 0.1) is 0 Å². The van der Waals surface area contributed by atoms with Crippen molar-refractivity contribution in [3.05, 3.63) is 65.9 Å². The summed E-state index contributed by atoms with van der Waals surface area (Å²) >= 11 is 0. The molecule has 0 atom stereocenters. The molecule has 1 saturated heterocycles. The SMILES string of the molecule is O=S(=O)(c1cccc2cccnc12)N1CCc2c(cccc2N2CCNCC2)C1. The van der Waals surface area contributed by atoms with Gasteiger partial charge in [0, 0.05) is 56.5 Å². The second kappa shape index (κ2) is 7.40. The maximum absolute atomic E-state index is 13.5. The summed E-state index contributed by atoms with van der Waals surface area (Å²) < 4.78 is 28.5. The van der Waals surface area contributed by atoms with E-state index in [1.807, 2.05) is 24.3 Å². The minimum atomic E-state index is -3.62. The topological polar surface area (TPSA) is 65.5 Å². The Morgan fingerprint density at radius 1 is 0.931 bits per heavy atom. The van der Waals surface area contributed by atoms with Crippen molar-refractivity contribution in [2.45, 2.75) is 17.9 Å². The van der Waals surface area contributed by atoms with Crippen LogP contribution in [0.2, 0.25) is 0 Å². The lowest BCUT2D eigenvalue weighted by atomic mass is 9.98. The van der Waals surface area contributed by atoms with Gasteiger partial charge in [-0.05, 0) is 35.7 Å². The molecule has 29 heavy (non-hydrogen) atoms. The number of benzene rings is 2. The van der Waals surface area contributed by atoms with Crippen LogP contribution >= 0.6 is 0 Å². The van der Waals surface area contributed by atoms with Gasteiger partial charge in [-0.15, -0.1) is 0 Å². The van der Waals surface area contributed by atoms with Crippen LogP contribution in [0.15, 0.2) is 59.6 Å². The van der Waals surface area contributed by atoms with E-state index < -0.39 is 10.0 Å². The second-order valence-electron chi connectivity index (χ2n) is 7.57. The van der Waals surface area contributed by atoms with E-state index in [1.165, 1.54) is 11.3 Å². The highest BCUT2D eigenvalue weighted by Gasteiger charge is 2.31. The van der Waals surface area contributed by atoms with E-state index >= 15 is 0 Å². The monoisotopic (exact) mass is 408 g/mol. The lowest BCUT2D eigenvalue weighted by molar-refractivity contribution is 0.391. The molecule has 2 aromatic carbocycles. The maximum atomic E-state index is 13.5. The van der Waals surface area contributed by atoms with Gasteiger partial charge in [-0.2, -0.15) is 4.31 Å². The first-order valence-corrected chi connectivity index (χ1v) is 11.5. The van der Waals surface area contributed by atoms with Crippen molar-refractivity contribution >= 4 is 26.6 Å². The number of pyridine rings is 1. The summed E-state index contributed by atoms with van der Waals surface area (Å²) in [6, 6.07) is 15.3. The van der Waals surface area contributed by atoms with Crippen LogP contribution in [-0.4, -0.2) is 50.4 Å². The zero-order chi connectivity index (χ0) is 19.8. The molecular weight excluding hydrogens is 384 g/mol. The first-order chi connectivity index (χ1) is 14.1. The van der Waals surface area contributed by atoms with Crippen LogP contribution < -0.4 is 10.2 Å². The van der Waals surface area contributed by atoms with Crippen LogP contribution in [0.1, 0.15) is 11.1 Å². The highest BCUT2D eigenvalue weighted by Crippen LogP contribution is 2.33. The number of nitrogens with zero attached hydrogens (tertiary/aromatic N) is 3. The zero-order valence-corrected chi connectivity index (χ0v) is 17.0. The van der Waals surface area contributed by atoms with E-state index in [0.717, 1.165) is 43.5 Å². The number of hydrogen-bond acceptors (Lipinski definition) is 5. The van der Waals surface area contributed by atoms with Gasteiger partial charge in [0.25, 0.3) is 0 Å². The highest BCUT2D eigenvalue weighted by atomic mass is 32.2. The van der Waals surface area contributed by atoms with Gasteiger partial charge >= 0.3 is 0 Å². The third-order valence-corrected chi connectivity index (χ3v) is 7.75. The van der Waals surface area contributed by atoms with Crippen molar-refractivity contribution in [1.82, 2.24) is 14.6 Å². The number of fused-ring (bicyclic) bond motifs is 2. The molecule has 5 rings (SSSR count).